The lowest BCUT2D eigenvalue weighted by Gasteiger charge is -2.10. The van der Waals surface area contributed by atoms with Crippen LogP contribution in [0.15, 0.2) is 29.1 Å². The molecule has 0 unspecified atom stereocenters. The first-order chi connectivity index (χ1) is 8.54. The first-order valence-electron chi connectivity index (χ1n) is 5.68. The maximum Gasteiger partial charge on any atom is 0.138 e. The number of hydrogen-bond acceptors (Lipinski definition) is 4. The molecular formula is C13H14BrN3O. The predicted molar refractivity (Wildman–Crippen MR) is 73.5 cm³/mol. The van der Waals surface area contributed by atoms with Crippen molar-refractivity contribution in [1.29, 1.82) is 0 Å². The number of ether oxygens (including phenoxy) is 1. The van der Waals surface area contributed by atoms with E-state index in [9.17, 15) is 0 Å². The lowest BCUT2D eigenvalue weighted by molar-refractivity contribution is 0.241. The molecule has 2 heterocycles. The van der Waals surface area contributed by atoms with Crippen LogP contribution in [0, 0.1) is 6.92 Å². The van der Waals surface area contributed by atoms with Crippen LogP contribution in [-0.2, 0) is 0 Å². The number of nitrogens with zero attached hydrogens (tertiary/aromatic N) is 3. The van der Waals surface area contributed by atoms with Crippen LogP contribution in [0.5, 0.6) is 5.75 Å². The molecule has 0 saturated carbocycles. The predicted octanol–water partition coefficient (Wildman–Crippen LogP) is 3.40. The van der Waals surface area contributed by atoms with E-state index in [1.54, 1.807) is 12.4 Å². The quantitative estimate of drug-likeness (QED) is 0.815. The van der Waals surface area contributed by atoms with Crippen LogP contribution in [0.3, 0.4) is 0 Å². The Balaban J connectivity index is 2.38. The van der Waals surface area contributed by atoms with Crippen LogP contribution >= 0.6 is 15.9 Å². The van der Waals surface area contributed by atoms with E-state index in [2.05, 4.69) is 30.9 Å². The van der Waals surface area contributed by atoms with Gasteiger partial charge in [-0.15, -0.1) is 0 Å². The molecule has 0 atom stereocenters. The molecule has 0 N–H and O–H groups in total. The summed E-state index contributed by atoms with van der Waals surface area (Å²) in [7, 11) is 0. The van der Waals surface area contributed by atoms with Gasteiger partial charge in [0.15, 0.2) is 0 Å². The summed E-state index contributed by atoms with van der Waals surface area (Å²) in [5, 5.41) is 0. The molecule has 0 aromatic carbocycles. The molecule has 0 fully saturated rings. The van der Waals surface area contributed by atoms with Crippen molar-refractivity contribution >= 4 is 15.9 Å². The van der Waals surface area contributed by atoms with Crippen molar-refractivity contribution < 1.29 is 4.74 Å². The number of halogens is 1. The minimum atomic E-state index is 0.126. The molecule has 0 spiro atoms. The zero-order chi connectivity index (χ0) is 13.1. The Morgan fingerprint density at radius 2 is 1.94 bits per heavy atom. The molecule has 0 aliphatic heterocycles. The van der Waals surface area contributed by atoms with Gasteiger partial charge in [-0.25, -0.2) is 9.97 Å². The van der Waals surface area contributed by atoms with E-state index in [4.69, 9.17) is 4.74 Å². The Labute approximate surface area is 115 Å². The van der Waals surface area contributed by atoms with E-state index >= 15 is 0 Å². The maximum absolute atomic E-state index is 5.62. The van der Waals surface area contributed by atoms with Crippen molar-refractivity contribution in [3.8, 4) is 17.0 Å². The van der Waals surface area contributed by atoms with Crippen LogP contribution in [0.4, 0.5) is 0 Å². The van der Waals surface area contributed by atoms with Gasteiger partial charge in [0, 0.05) is 11.8 Å². The summed E-state index contributed by atoms with van der Waals surface area (Å²) in [4.78, 5) is 12.7. The molecule has 0 amide bonds. The summed E-state index contributed by atoms with van der Waals surface area (Å²) < 4.78 is 6.38. The molecule has 4 nitrogen and oxygen atoms in total. The fourth-order valence-corrected chi connectivity index (χ4v) is 2.05. The Morgan fingerprint density at radius 1 is 1.17 bits per heavy atom. The minimum Gasteiger partial charge on any atom is -0.489 e. The van der Waals surface area contributed by atoms with E-state index in [0.29, 0.717) is 0 Å². The van der Waals surface area contributed by atoms with Gasteiger partial charge in [-0.2, -0.15) is 0 Å². The zero-order valence-corrected chi connectivity index (χ0v) is 12.1. The third kappa shape index (κ3) is 3.26. The van der Waals surface area contributed by atoms with Crippen molar-refractivity contribution in [1.82, 2.24) is 15.0 Å². The molecule has 0 saturated heterocycles. The van der Waals surface area contributed by atoms with Crippen LogP contribution in [-0.4, -0.2) is 21.1 Å². The van der Waals surface area contributed by atoms with Crippen LogP contribution in [0.2, 0.25) is 0 Å². The highest BCUT2D eigenvalue weighted by molar-refractivity contribution is 9.10. The Bertz CT molecular complexity index is 537. The number of rotatable bonds is 3. The second kappa shape index (κ2) is 5.44. The molecule has 0 radical (unpaired) electrons. The van der Waals surface area contributed by atoms with Crippen LogP contribution in [0.1, 0.15) is 19.7 Å². The van der Waals surface area contributed by atoms with Crippen molar-refractivity contribution in [3.63, 3.8) is 0 Å². The SMILES string of the molecule is Cc1nc(Br)cc(-c2cncc(OC(C)C)c2)n1. The molecule has 2 rings (SSSR count). The fraction of sp³-hybridized carbons (Fsp3) is 0.308. The van der Waals surface area contributed by atoms with Gasteiger partial charge in [-0.1, -0.05) is 0 Å². The highest BCUT2D eigenvalue weighted by Gasteiger charge is 2.06. The molecule has 2 aromatic rings. The average Bonchev–Trinajstić information content (AvgIpc) is 2.27. The monoisotopic (exact) mass is 307 g/mol. The van der Waals surface area contributed by atoms with Crippen LogP contribution in [0.25, 0.3) is 11.3 Å². The second-order valence-electron chi connectivity index (χ2n) is 4.20. The van der Waals surface area contributed by atoms with E-state index in [1.807, 2.05) is 32.9 Å². The molecule has 5 heteroatoms. The lowest BCUT2D eigenvalue weighted by Crippen LogP contribution is -2.05. The van der Waals surface area contributed by atoms with E-state index in [-0.39, 0.29) is 6.10 Å². The van der Waals surface area contributed by atoms with Crippen molar-refractivity contribution in [2.45, 2.75) is 26.9 Å². The summed E-state index contributed by atoms with van der Waals surface area (Å²) >= 11 is 3.37. The van der Waals surface area contributed by atoms with Crippen molar-refractivity contribution in [2.24, 2.45) is 0 Å². The molecule has 94 valence electrons. The molecule has 0 aliphatic rings. The molecule has 0 aliphatic carbocycles. The van der Waals surface area contributed by atoms with E-state index in [0.717, 1.165) is 27.4 Å². The van der Waals surface area contributed by atoms with Gasteiger partial charge in [-0.05, 0) is 48.8 Å². The number of aromatic nitrogens is 3. The first kappa shape index (κ1) is 13.0. The van der Waals surface area contributed by atoms with Gasteiger partial charge >= 0.3 is 0 Å². The van der Waals surface area contributed by atoms with E-state index < -0.39 is 0 Å². The molecule has 18 heavy (non-hydrogen) atoms. The smallest absolute Gasteiger partial charge is 0.138 e. The number of hydrogen-bond donors (Lipinski definition) is 0. The van der Waals surface area contributed by atoms with Gasteiger partial charge in [0.2, 0.25) is 0 Å². The summed E-state index contributed by atoms with van der Waals surface area (Å²) in [6.07, 6.45) is 3.59. The van der Waals surface area contributed by atoms with Gasteiger partial charge < -0.3 is 4.74 Å². The maximum atomic E-state index is 5.62. The van der Waals surface area contributed by atoms with Gasteiger partial charge in [0.05, 0.1) is 18.0 Å². The third-order valence-corrected chi connectivity index (χ3v) is 2.59. The number of pyridine rings is 1. The van der Waals surface area contributed by atoms with Gasteiger partial charge in [0.1, 0.15) is 16.2 Å². The molecule has 2 aromatic heterocycles. The zero-order valence-electron chi connectivity index (χ0n) is 10.5. The summed E-state index contributed by atoms with van der Waals surface area (Å²) in [6, 6.07) is 3.80. The second-order valence-corrected chi connectivity index (χ2v) is 5.01. The average molecular weight is 308 g/mol. The minimum absolute atomic E-state index is 0.126. The highest BCUT2D eigenvalue weighted by Crippen LogP contribution is 2.23. The summed E-state index contributed by atoms with van der Waals surface area (Å²) in [5.41, 5.74) is 1.75. The van der Waals surface area contributed by atoms with E-state index in [1.165, 1.54) is 0 Å². The molecular weight excluding hydrogens is 294 g/mol. The highest BCUT2D eigenvalue weighted by atomic mass is 79.9. The van der Waals surface area contributed by atoms with Crippen molar-refractivity contribution in [2.75, 3.05) is 0 Å². The van der Waals surface area contributed by atoms with Gasteiger partial charge in [-0.3, -0.25) is 4.98 Å². The standard InChI is InChI=1S/C13H14BrN3O/c1-8(2)18-11-4-10(6-15-7-11)12-5-13(14)17-9(3)16-12/h4-8H,1-3H3. The van der Waals surface area contributed by atoms with Crippen LogP contribution < -0.4 is 4.74 Å². The van der Waals surface area contributed by atoms with Crippen molar-refractivity contribution in [3.05, 3.63) is 35.0 Å². The molecule has 0 bridgehead atoms. The first-order valence-corrected chi connectivity index (χ1v) is 6.47. The third-order valence-electron chi connectivity index (χ3n) is 2.19. The Kier molecular flexibility index (Phi) is 3.91. The summed E-state index contributed by atoms with van der Waals surface area (Å²) in [5.74, 6) is 1.46. The normalized spacial score (nSPS) is 10.7. The fourth-order valence-electron chi connectivity index (χ4n) is 1.57. The topological polar surface area (TPSA) is 47.9 Å². The largest absolute Gasteiger partial charge is 0.489 e. The lowest BCUT2D eigenvalue weighted by atomic mass is 10.2. The van der Waals surface area contributed by atoms with Gasteiger partial charge in [0.25, 0.3) is 0 Å². The Hall–Kier alpha value is -1.49. The summed E-state index contributed by atoms with van der Waals surface area (Å²) in [6.45, 7) is 5.83. The Morgan fingerprint density at radius 3 is 2.61 bits per heavy atom. The number of aryl methyl sites for hydroxylation is 1.